The van der Waals surface area contributed by atoms with Gasteiger partial charge in [-0.25, -0.2) is 0 Å². The van der Waals surface area contributed by atoms with E-state index in [9.17, 15) is 9.90 Å². The Morgan fingerprint density at radius 2 is 1.87 bits per heavy atom. The van der Waals surface area contributed by atoms with E-state index in [1.54, 1.807) is 6.20 Å². The van der Waals surface area contributed by atoms with Crippen molar-refractivity contribution in [3.05, 3.63) is 63.4 Å². The van der Waals surface area contributed by atoms with Crippen molar-refractivity contribution in [2.75, 3.05) is 0 Å². The van der Waals surface area contributed by atoms with Crippen LogP contribution in [0.3, 0.4) is 0 Å². The third-order valence-electron chi connectivity index (χ3n) is 4.92. The molecule has 0 spiro atoms. The fourth-order valence-corrected chi connectivity index (χ4v) is 4.03. The summed E-state index contributed by atoms with van der Waals surface area (Å²) in [7, 11) is 0. The molecule has 0 radical (unpaired) electrons. The zero-order chi connectivity index (χ0) is 16.4. The minimum atomic E-state index is -0.877. The molecule has 1 fully saturated rings. The quantitative estimate of drug-likeness (QED) is 0.761. The Hall–Kier alpha value is -1.65. The van der Waals surface area contributed by atoms with E-state index in [1.807, 2.05) is 36.4 Å². The molecule has 0 amide bonds. The molecule has 23 heavy (non-hydrogen) atoms. The lowest BCUT2D eigenvalue weighted by Crippen LogP contribution is -2.39. The number of carbonyl (C=O) groups is 1. The first-order valence-corrected chi connectivity index (χ1v) is 8.48. The van der Waals surface area contributed by atoms with E-state index in [4.69, 9.17) is 23.8 Å². The molecule has 2 aromatic rings. The van der Waals surface area contributed by atoms with E-state index < -0.39 is 11.4 Å². The second-order valence-corrected chi connectivity index (χ2v) is 6.97. The van der Waals surface area contributed by atoms with Crippen molar-refractivity contribution in [1.29, 1.82) is 0 Å². The second-order valence-electron chi connectivity index (χ2n) is 6.13. The van der Waals surface area contributed by atoms with Crippen LogP contribution in [0.2, 0.25) is 5.02 Å². The van der Waals surface area contributed by atoms with Gasteiger partial charge in [0, 0.05) is 16.8 Å². The molecule has 120 valence electrons. The maximum atomic E-state index is 12.0. The first-order valence-electron chi connectivity index (χ1n) is 7.70. The summed E-state index contributed by atoms with van der Waals surface area (Å²) in [4.78, 5) is 15.0. The molecule has 3 nitrogen and oxygen atoms in total. The van der Waals surface area contributed by atoms with Gasteiger partial charge in [0.15, 0.2) is 0 Å². The summed E-state index contributed by atoms with van der Waals surface area (Å²) >= 11 is 11.3. The number of aliphatic carboxylic acids is 1. The number of carboxylic acid groups (broad SMARTS) is 1. The minimum absolute atomic E-state index is 0.376. The second kappa shape index (κ2) is 6.46. The van der Waals surface area contributed by atoms with Crippen molar-refractivity contribution in [3.8, 4) is 0 Å². The SMILES string of the molecule is O=C(O)C1(c2ccc[nH]c2=S)CCC(c2ccc(Cl)cc2)CC1. The lowest BCUT2D eigenvalue weighted by atomic mass is 9.66. The largest absolute Gasteiger partial charge is 0.481 e. The molecule has 0 aliphatic heterocycles. The van der Waals surface area contributed by atoms with Crippen molar-refractivity contribution in [1.82, 2.24) is 4.98 Å². The lowest BCUT2D eigenvalue weighted by Gasteiger charge is -2.37. The van der Waals surface area contributed by atoms with Gasteiger partial charge >= 0.3 is 5.97 Å². The van der Waals surface area contributed by atoms with Gasteiger partial charge in [0.05, 0.1) is 5.41 Å². The predicted octanol–water partition coefficient (Wildman–Crippen LogP) is 5.08. The number of rotatable bonds is 3. The van der Waals surface area contributed by atoms with Crippen molar-refractivity contribution in [3.63, 3.8) is 0 Å². The van der Waals surface area contributed by atoms with Crippen LogP contribution in [0.1, 0.15) is 42.7 Å². The number of nitrogens with one attached hydrogen (secondary N) is 1. The molecule has 1 aliphatic carbocycles. The fraction of sp³-hybridized carbons (Fsp3) is 0.333. The Labute approximate surface area is 145 Å². The lowest BCUT2D eigenvalue weighted by molar-refractivity contribution is -0.145. The van der Waals surface area contributed by atoms with Crippen molar-refractivity contribution >= 4 is 29.8 Å². The molecule has 0 unspecified atom stereocenters. The summed E-state index contributed by atoms with van der Waals surface area (Å²) in [6, 6.07) is 11.5. The van der Waals surface area contributed by atoms with E-state index in [0.717, 1.165) is 23.4 Å². The highest BCUT2D eigenvalue weighted by Gasteiger charge is 2.44. The summed E-state index contributed by atoms with van der Waals surface area (Å²) in [5.41, 5.74) is 1.08. The molecular weight excluding hydrogens is 330 g/mol. The van der Waals surface area contributed by atoms with Gasteiger partial charge in [0.1, 0.15) is 4.64 Å². The van der Waals surface area contributed by atoms with Gasteiger partial charge in [0.2, 0.25) is 0 Å². The van der Waals surface area contributed by atoms with Gasteiger partial charge in [-0.3, -0.25) is 4.79 Å². The average Bonchev–Trinajstić information content (AvgIpc) is 2.56. The minimum Gasteiger partial charge on any atom is -0.481 e. The van der Waals surface area contributed by atoms with Crippen molar-refractivity contribution in [2.45, 2.75) is 37.0 Å². The highest BCUT2D eigenvalue weighted by atomic mass is 35.5. The number of hydrogen-bond acceptors (Lipinski definition) is 2. The Bertz CT molecular complexity index is 761. The van der Waals surface area contributed by atoms with Crippen LogP contribution in [-0.4, -0.2) is 16.1 Å². The summed E-state index contributed by atoms with van der Waals surface area (Å²) in [5.74, 6) is -0.404. The van der Waals surface area contributed by atoms with Crippen LogP contribution in [0, 0.1) is 4.64 Å². The Morgan fingerprint density at radius 1 is 1.22 bits per heavy atom. The van der Waals surface area contributed by atoms with Gasteiger partial charge < -0.3 is 10.1 Å². The molecule has 0 saturated heterocycles. The normalized spacial score (nSPS) is 24.3. The van der Waals surface area contributed by atoms with Gasteiger partial charge in [-0.15, -0.1) is 0 Å². The molecule has 1 aromatic heterocycles. The fourth-order valence-electron chi connectivity index (χ4n) is 3.58. The number of halogens is 1. The maximum absolute atomic E-state index is 12.0. The Balaban J connectivity index is 1.87. The summed E-state index contributed by atoms with van der Waals surface area (Å²) < 4.78 is 0.528. The standard InChI is InChI=1S/C18H18ClNO2S/c19-14-5-3-12(4-6-14)13-7-9-18(10-8-13,17(21)22)15-2-1-11-20-16(15)23/h1-6,11,13H,7-10H2,(H,20,23)(H,21,22). The number of hydrogen-bond donors (Lipinski definition) is 2. The molecule has 0 atom stereocenters. The Morgan fingerprint density at radius 3 is 2.43 bits per heavy atom. The van der Waals surface area contributed by atoms with Crippen molar-refractivity contribution < 1.29 is 9.90 Å². The molecular formula is C18H18ClNO2S. The van der Waals surface area contributed by atoms with E-state index in [1.165, 1.54) is 5.56 Å². The van der Waals surface area contributed by atoms with E-state index in [-0.39, 0.29) is 0 Å². The summed E-state index contributed by atoms with van der Waals surface area (Å²) in [5, 5.41) is 10.6. The highest BCUT2D eigenvalue weighted by molar-refractivity contribution is 7.71. The zero-order valence-corrected chi connectivity index (χ0v) is 14.2. The molecule has 1 aromatic carbocycles. The predicted molar refractivity (Wildman–Crippen MR) is 93.6 cm³/mol. The highest BCUT2D eigenvalue weighted by Crippen LogP contribution is 2.45. The molecule has 1 aliphatic rings. The molecule has 5 heteroatoms. The maximum Gasteiger partial charge on any atom is 0.314 e. The zero-order valence-electron chi connectivity index (χ0n) is 12.6. The van der Waals surface area contributed by atoms with Gasteiger partial charge in [-0.05, 0) is 55.4 Å². The summed E-state index contributed by atoms with van der Waals surface area (Å²) in [6.07, 6.45) is 4.59. The number of aromatic amines is 1. The topological polar surface area (TPSA) is 53.1 Å². The molecule has 1 saturated carbocycles. The number of H-pyrrole nitrogens is 1. The van der Waals surface area contributed by atoms with Crippen LogP contribution in [0.15, 0.2) is 42.6 Å². The van der Waals surface area contributed by atoms with Crippen LogP contribution in [0.4, 0.5) is 0 Å². The molecule has 0 bridgehead atoms. The smallest absolute Gasteiger partial charge is 0.314 e. The number of carboxylic acids is 1. The molecule has 3 rings (SSSR count). The summed E-state index contributed by atoms with van der Waals surface area (Å²) in [6.45, 7) is 0. The first-order chi connectivity index (χ1) is 11.0. The number of benzene rings is 1. The van der Waals surface area contributed by atoms with Crippen molar-refractivity contribution in [2.24, 2.45) is 0 Å². The monoisotopic (exact) mass is 347 g/mol. The first kappa shape index (κ1) is 16.2. The third-order valence-corrected chi connectivity index (χ3v) is 5.51. The van der Waals surface area contributed by atoms with E-state index in [2.05, 4.69) is 4.98 Å². The van der Waals surface area contributed by atoms with Gasteiger partial charge in [-0.2, -0.15) is 0 Å². The van der Waals surface area contributed by atoms with Gasteiger partial charge in [-0.1, -0.05) is 42.0 Å². The van der Waals surface area contributed by atoms with E-state index >= 15 is 0 Å². The van der Waals surface area contributed by atoms with E-state index in [0.29, 0.717) is 23.4 Å². The molecule has 1 heterocycles. The third kappa shape index (κ3) is 3.06. The number of pyridine rings is 1. The van der Waals surface area contributed by atoms with Crippen LogP contribution in [-0.2, 0) is 10.2 Å². The molecule has 2 N–H and O–H groups in total. The average molecular weight is 348 g/mol. The van der Waals surface area contributed by atoms with Crippen LogP contribution in [0.25, 0.3) is 0 Å². The van der Waals surface area contributed by atoms with Crippen LogP contribution >= 0.6 is 23.8 Å². The van der Waals surface area contributed by atoms with Gasteiger partial charge in [0.25, 0.3) is 0 Å². The Kier molecular flexibility index (Phi) is 4.55. The van der Waals surface area contributed by atoms with Crippen LogP contribution in [0.5, 0.6) is 0 Å². The van der Waals surface area contributed by atoms with Crippen LogP contribution < -0.4 is 0 Å². The number of aromatic nitrogens is 1.